The van der Waals surface area contributed by atoms with Crippen LogP contribution in [0.25, 0.3) is 0 Å². The van der Waals surface area contributed by atoms with Crippen LogP contribution < -0.4 is 0 Å². The van der Waals surface area contributed by atoms with Crippen LogP contribution in [0.4, 0.5) is 0 Å². The number of hydrogen-bond acceptors (Lipinski definition) is 5. The largest absolute Gasteiger partial charge is 0.478 e. The van der Waals surface area contributed by atoms with Crippen molar-refractivity contribution in [1.82, 2.24) is 25.1 Å². The molecule has 1 aliphatic heterocycles. The molecule has 7 nitrogen and oxygen atoms in total. The van der Waals surface area contributed by atoms with E-state index in [1.54, 1.807) is 12.1 Å². The molecule has 1 N–H and O–H groups in total. The number of likely N-dealkylation sites (tertiary alicyclic amines) is 1. The summed E-state index contributed by atoms with van der Waals surface area (Å²) < 4.78 is 1.98. The lowest BCUT2D eigenvalue weighted by atomic mass is 9.88. The van der Waals surface area contributed by atoms with Crippen molar-refractivity contribution < 1.29 is 9.90 Å². The van der Waals surface area contributed by atoms with Gasteiger partial charge >= 0.3 is 5.97 Å². The van der Waals surface area contributed by atoms with Crippen molar-refractivity contribution >= 4 is 5.97 Å². The molecule has 0 amide bonds. The molecule has 2 heterocycles. The van der Waals surface area contributed by atoms with Gasteiger partial charge in [0, 0.05) is 0 Å². The smallest absolute Gasteiger partial charge is 0.335 e. The fourth-order valence-corrected chi connectivity index (χ4v) is 3.69. The van der Waals surface area contributed by atoms with E-state index in [4.69, 9.17) is 0 Å². The molecule has 7 heteroatoms. The maximum atomic E-state index is 11.4. The van der Waals surface area contributed by atoms with Crippen LogP contribution in [-0.4, -0.2) is 49.3 Å². The van der Waals surface area contributed by atoms with Gasteiger partial charge in [0.15, 0.2) is 5.82 Å². The Kier molecular flexibility index (Phi) is 4.48. The summed E-state index contributed by atoms with van der Waals surface area (Å²) in [6.45, 7) is 2.83. The molecule has 1 aliphatic carbocycles. The molecule has 0 atom stereocenters. The minimum atomic E-state index is -0.833. The van der Waals surface area contributed by atoms with Crippen molar-refractivity contribution in [3.8, 4) is 0 Å². The Morgan fingerprint density at radius 1 is 1.16 bits per heavy atom. The van der Waals surface area contributed by atoms with Gasteiger partial charge in [-0.3, -0.25) is 4.90 Å². The van der Waals surface area contributed by atoms with Crippen LogP contribution in [0.3, 0.4) is 0 Å². The molecule has 0 bridgehead atoms. The molecule has 2 fully saturated rings. The predicted octanol–water partition coefficient (Wildman–Crippen LogP) is 2.16. The van der Waals surface area contributed by atoms with Crippen molar-refractivity contribution in [3.05, 3.63) is 41.2 Å². The van der Waals surface area contributed by atoms with Gasteiger partial charge < -0.3 is 5.11 Å². The number of carboxylic acids is 1. The Morgan fingerprint density at radius 2 is 1.92 bits per heavy atom. The van der Waals surface area contributed by atoms with E-state index in [0.29, 0.717) is 17.5 Å². The van der Waals surface area contributed by atoms with Gasteiger partial charge in [0.25, 0.3) is 0 Å². The molecule has 1 saturated carbocycles. The number of tetrazole rings is 1. The van der Waals surface area contributed by atoms with Crippen LogP contribution in [-0.2, 0) is 13.0 Å². The molecule has 1 aromatic carbocycles. The van der Waals surface area contributed by atoms with Crippen LogP contribution >= 0.6 is 0 Å². The zero-order valence-electron chi connectivity index (χ0n) is 14.2. The summed E-state index contributed by atoms with van der Waals surface area (Å²) >= 11 is 0. The highest BCUT2D eigenvalue weighted by Crippen LogP contribution is 2.34. The summed E-state index contributed by atoms with van der Waals surface area (Å²) in [6, 6.07) is 7.87. The molecule has 4 rings (SSSR count). The third-order valence-corrected chi connectivity index (χ3v) is 5.28. The zero-order chi connectivity index (χ0) is 17.2. The molecule has 0 spiro atoms. The zero-order valence-corrected chi connectivity index (χ0v) is 14.2. The number of nitrogens with zero attached hydrogens (tertiary/aromatic N) is 5. The molecule has 0 unspecified atom stereocenters. The minimum absolute atomic E-state index is 0.438. The molecule has 1 aromatic heterocycles. The second-order valence-corrected chi connectivity index (χ2v) is 7.16. The van der Waals surface area contributed by atoms with Gasteiger partial charge in [-0.15, -0.1) is 5.10 Å². The summed E-state index contributed by atoms with van der Waals surface area (Å²) in [5, 5.41) is 21.5. The van der Waals surface area contributed by atoms with Crippen LogP contribution in [0.15, 0.2) is 24.3 Å². The maximum absolute atomic E-state index is 11.4. The summed E-state index contributed by atoms with van der Waals surface area (Å²) in [4.78, 5) is 13.8. The van der Waals surface area contributed by atoms with E-state index in [1.807, 2.05) is 16.8 Å². The maximum Gasteiger partial charge on any atom is 0.335 e. The minimum Gasteiger partial charge on any atom is -0.478 e. The third-order valence-electron chi connectivity index (χ3n) is 5.28. The van der Waals surface area contributed by atoms with Crippen LogP contribution in [0.5, 0.6) is 0 Å². The van der Waals surface area contributed by atoms with Crippen molar-refractivity contribution in [2.24, 2.45) is 5.92 Å². The molecule has 2 aliphatic rings. The van der Waals surface area contributed by atoms with E-state index in [2.05, 4.69) is 20.4 Å². The summed E-state index contributed by atoms with van der Waals surface area (Å²) in [6.07, 6.45) is 5.38. The van der Waals surface area contributed by atoms with Crippen molar-refractivity contribution in [2.75, 3.05) is 13.1 Å². The van der Waals surface area contributed by atoms with E-state index < -0.39 is 5.97 Å². The highest BCUT2D eigenvalue weighted by Gasteiger charge is 2.29. The van der Waals surface area contributed by atoms with E-state index >= 15 is 0 Å². The van der Waals surface area contributed by atoms with Gasteiger partial charge in [0.1, 0.15) is 0 Å². The van der Waals surface area contributed by atoms with E-state index in [1.165, 1.54) is 12.8 Å². The number of aromatic nitrogens is 4. The molecule has 1 saturated heterocycles. The van der Waals surface area contributed by atoms with Gasteiger partial charge in [-0.2, -0.15) is 0 Å². The number of piperidine rings is 1. The topological polar surface area (TPSA) is 84.1 Å². The number of hydrogen-bond donors (Lipinski definition) is 1. The summed E-state index contributed by atoms with van der Waals surface area (Å²) in [7, 11) is 0. The Labute approximate surface area is 146 Å². The lowest BCUT2D eigenvalue weighted by Gasteiger charge is -2.31. The van der Waals surface area contributed by atoms with E-state index in [-0.39, 0.29) is 0 Å². The standard InChI is InChI=1S/C18H23N5O2/c24-18(25)16-4-2-1-3-14(16)11-13-7-9-22(10-8-13)12-17-19-20-21-23(17)15-5-6-15/h1-4,13,15H,5-12H2,(H,24,25). The molecule has 2 aromatic rings. The highest BCUT2D eigenvalue weighted by molar-refractivity contribution is 5.89. The van der Waals surface area contributed by atoms with E-state index in [0.717, 1.165) is 50.3 Å². The number of benzene rings is 1. The Balaban J connectivity index is 1.33. The molecule has 0 radical (unpaired) electrons. The van der Waals surface area contributed by atoms with Gasteiger partial charge in [0.05, 0.1) is 18.2 Å². The monoisotopic (exact) mass is 341 g/mol. The van der Waals surface area contributed by atoms with Crippen molar-refractivity contribution in [1.29, 1.82) is 0 Å². The van der Waals surface area contributed by atoms with Crippen molar-refractivity contribution in [3.63, 3.8) is 0 Å². The van der Waals surface area contributed by atoms with E-state index in [9.17, 15) is 9.90 Å². The highest BCUT2D eigenvalue weighted by atomic mass is 16.4. The van der Waals surface area contributed by atoms with Crippen LogP contribution in [0, 0.1) is 5.92 Å². The average Bonchev–Trinajstić information content (AvgIpc) is 3.36. The lowest BCUT2D eigenvalue weighted by molar-refractivity contribution is 0.0695. The Morgan fingerprint density at radius 3 is 2.64 bits per heavy atom. The Hall–Kier alpha value is -2.28. The molecular formula is C18H23N5O2. The number of carboxylic acid groups (broad SMARTS) is 1. The first-order chi connectivity index (χ1) is 12.2. The van der Waals surface area contributed by atoms with Crippen molar-refractivity contribution in [2.45, 2.75) is 44.7 Å². The van der Waals surface area contributed by atoms with Gasteiger partial charge in [-0.05, 0) is 73.2 Å². The second-order valence-electron chi connectivity index (χ2n) is 7.16. The third kappa shape index (κ3) is 3.71. The normalized spacial score (nSPS) is 19.2. The number of rotatable bonds is 6. The van der Waals surface area contributed by atoms with Gasteiger partial charge in [-0.25, -0.2) is 9.48 Å². The Bertz CT molecular complexity index is 747. The fraction of sp³-hybridized carbons (Fsp3) is 0.556. The molecule has 132 valence electrons. The summed E-state index contributed by atoms with van der Waals surface area (Å²) in [5.74, 6) is 0.674. The first kappa shape index (κ1) is 16.2. The first-order valence-corrected chi connectivity index (χ1v) is 9.01. The van der Waals surface area contributed by atoms with Gasteiger partial charge in [-0.1, -0.05) is 18.2 Å². The van der Waals surface area contributed by atoms with Crippen LogP contribution in [0.2, 0.25) is 0 Å². The SMILES string of the molecule is O=C(O)c1ccccc1CC1CCN(Cc2nnnn2C2CC2)CC1. The van der Waals surface area contributed by atoms with Gasteiger partial charge in [0.2, 0.25) is 0 Å². The van der Waals surface area contributed by atoms with Crippen LogP contribution in [0.1, 0.15) is 53.5 Å². The fourth-order valence-electron chi connectivity index (χ4n) is 3.69. The number of carbonyl (C=O) groups is 1. The molecule has 25 heavy (non-hydrogen) atoms. The first-order valence-electron chi connectivity index (χ1n) is 9.01. The summed E-state index contributed by atoms with van der Waals surface area (Å²) in [5.41, 5.74) is 1.39. The number of aromatic carboxylic acids is 1. The second kappa shape index (κ2) is 6.92. The predicted molar refractivity (Wildman–Crippen MR) is 91.2 cm³/mol. The lowest BCUT2D eigenvalue weighted by Crippen LogP contribution is -2.34. The average molecular weight is 341 g/mol. The quantitative estimate of drug-likeness (QED) is 0.867. The molecular weight excluding hydrogens is 318 g/mol.